The molecule has 30 heavy (non-hydrogen) atoms. The first kappa shape index (κ1) is 18.6. The quantitative estimate of drug-likeness (QED) is 0.688. The highest BCUT2D eigenvalue weighted by molar-refractivity contribution is 5.81. The van der Waals surface area contributed by atoms with E-state index < -0.39 is 17.3 Å². The zero-order valence-electron chi connectivity index (χ0n) is 16.6. The number of hydrogen-bond acceptors (Lipinski definition) is 4. The van der Waals surface area contributed by atoms with E-state index in [0.29, 0.717) is 30.5 Å². The van der Waals surface area contributed by atoms with Gasteiger partial charge in [-0.25, -0.2) is 9.36 Å². The summed E-state index contributed by atoms with van der Waals surface area (Å²) in [5, 5.41) is 0.376. The van der Waals surface area contributed by atoms with E-state index >= 15 is 0 Å². The molecule has 5 rings (SSSR count). The third kappa shape index (κ3) is 2.82. The van der Waals surface area contributed by atoms with Crippen LogP contribution in [0, 0.1) is 5.92 Å². The third-order valence-electron chi connectivity index (χ3n) is 6.37. The van der Waals surface area contributed by atoms with E-state index in [2.05, 4.69) is 4.98 Å². The zero-order chi connectivity index (χ0) is 21.0. The molecule has 8 nitrogen and oxygen atoms in total. The molecule has 2 bridgehead atoms. The molecule has 2 aliphatic rings. The lowest BCUT2D eigenvalue weighted by molar-refractivity contribution is -0.137. The number of nitrogens with one attached hydrogen (secondary N) is 1. The van der Waals surface area contributed by atoms with Gasteiger partial charge in [0.15, 0.2) is 0 Å². The van der Waals surface area contributed by atoms with Crippen LogP contribution in [0.2, 0.25) is 0 Å². The molecule has 3 atom stereocenters. The van der Waals surface area contributed by atoms with Crippen molar-refractivity contribution < 1.29 is 4.79 Å². The van der Waals surface area contributed by atoms with Crippen molar-refractivity contribution in [1.82, 2.24) is 19.0 Å². The molecule has 3 aromatic rings. The lowest BCUT2D eigenvalue weighted by Gasteiger charge is -2.43. The van der Waals surface area contributed by atoms with E-state index in [4.69, 9.17) is 0 Å². The minimum absolute atomic E-state index is 0.00963. The highest BCUT2D eigenvalue weighted by Crippen LogP contribution is 2.35. The summed E-state index contributed by atoms with van der Waals surface area (Å²) in [7, 11) is 0. The number of fused-ring (bicyclic) bond motifs is 5. The number of amides is 1. The molecule has 0 radical (unpaired) electrons. The maximum absolute atomic E-state index is 13.3. The summed E-state index contributed by atoms with van der Waals surface area (Å²) >= 11 is 0. The van der Waals surface area contributed by atoms with Crippen LogP contribution in [-0.2, 0) is 11.3 Å². The predicted molar refractivity (Wildman–Crippen MR) is 112 cm³/mol. The van der Waals surface area contributed by atoms with Crippen LogP contribution in [-0.4, -0.2) is 38.0 Å². The smallest absolute Gasteiger partial charge is 0.329 e. The van der Waals surface area contributed by atoms with E-state index in [0.717, 1.165) is 16.7 Å². The fourth-order valence-electron chi connectivity index (χ4n) is 4.98. The first-order valence-electron chi connectivity index (χ1n) is 10.2. The number of pyridine rings is 1. The molecule has 1 saturated heterocycles. The van der Waals surface area contributed by atoms with Crippen LogP contribution < -0.4 is 16.8 Å². The molecule has 1 N–H and O–H groups in total. The second-order valence-corrected chi connectivity index (χ2v) is 8.27. The molecule has 2 aromatic heterocycles. The topological polar surface area (TPSA) is 97.2 Å². The van der Waals surface area contributed by atoms with Crippen molar-refractivity contribution >= 4 is 16.8 Å². The van der Waals surface area contributed by atoms with Crippen LogP contribution in [0.15, 0.2) is 56.8 Å². The number of aromatic nitrogens is 3. The number of para-hydroxylation sites is 1. The predicted octanol–water partition coefficient (Wildman–Crippen LogP) is 1.06. The number of rotatable bonds is 2. The van der Waals surface area contributed by atoms with Gasteiger partial charge in [0.25, 0.3) is 11.1 Å². The number of hydrogen-bond donors (Lipinski definition) is 1. The molecule has 1 amide bonds. The monoisotopic (exact) mass is 406 g/mol. The first-order valence-corrected chi connectivity index (χ1v) is 10.2. The molecular weight excluding hydrogens is 384 g/mol. The van der Waals surface area contributed by atoms with Crippen molar-refractivity contribution in [3.8, 4) is 0 Å². The molecule has 1 fully saturated rings. The highest BCUT2D eigenvalue weighted by Gasteiger charge is 2.38. The number of aromatic amines is 1. The largest absolute Gasteiger partial charge is 0.340 e. The molecule has 2 aliphatic heterocycles. The number of carbonyl (C=O) groups is 1. The summed E-state index contributed by atoms with van der Waals surface area (Å²) < 4.78 is 2.82. The minimum atomic E-state index is -0.914. The van der Waals surface area contributed by atoms with Crippen LogP contribution >= 0.6 is 0 Å². The molecule has 1 aromatic carbocycles. The Kier molecular flexibility index (Phi) is 4.23. The second-order valence-electron chi connectivity index (χ2n) is 8.27. The number of benzene rings is 1. The van der Waals surface area contributed by atoms with E-state index in [-0.39, 0.29) is 23.3 Å². The standard InChI is InChI=1S/C22H22N4O4/c1-13(26-21(29)16-5-2-3-6-17(16)23-22(26)30)20(28)24-10-14-9-15(12-24)18-7-4-8-19(27)25(18)11-14/h2-8,13-15H,9-12H2,1H3,(H,23,30). The third-order valence-corrected chi connectivity index (χ3v) is 6.37. The number of piperidine rings is 1. The second kappa shape index (κ2) is 6.83. The maximum Gasteiger partial charge on any atom is 0.329 e. The molecule has 0 spiro atoms. The first-order chi connectivity index (χ1) is 14.4. The van der Waals surface area contributed by atoms with Gasteiger partial charge >= 0.3 is 5.69 Å². The molecule has 0 saturated carbocycles. The Labute approximate surface area is 171 Å². The van der Waals surface area contributed by atoms with Gasteiger partial charge in [0.05, 0.1) is 10.9 Å². The summed E-state index contributed by atoms with van der Waals surface area (Å²) in [5.41, 5.74) is 0.338. The van der Waals surface area contributed by atoms with Crippen molar-refractivity contribution in [2.75, 3.05) is 13.1 Å². The van der Waals surface area contributed by atoms with Crippen LogP contribution in [0.3, 0.4) is 0 Å². The van der Waals surface area contributed by atoms with Crippen molar-refractivity contribution in [3.05, 3.63) is 79.4 Å². The normalized spacial score (nSPS) is 21.3. The average Bonchev–Trinajstić information content (AvgIpc) is 2.74. The Hall–Kier alpha value is -3.42. The fraction of sp³-hybridized carbons (Fsp3) is 0.364. The summed E-state index contributed by atoms with van der Waals surface area (Å²) in [4.78, 5) is 55.4. The maximum atomic E-state index is 13.3. The summed E-state index contributed by atoms with van der Waals surface area (Å²) in [6.07, 6.45) is 0.929. The number of likely N-dealkylation sites (tertiary alicyclic amines) is 1. The Morgan fingerprint density at radius 2 is 1.83 bits per heavy atom. The summed E-state index contributed by atoms with van der Waals surface area (Å²) in [6.45, 7) is 3.17. The van der Waals surface area contributed by atoms with Gasteiger partial charge in [-0.3, -0.25) is 14.4 Å². The van der Waals surface area contributed by atoms with Gasteiger partial charge in [-0.05, 0) is 37.5 Å². The van der Waals surface area contributed by atoms with E-state index in [1.807, 2.05) is 10.6 Å². The number of nitrogens with zero attached hydrogens (tertiary/aromatic N) is 3. The lowest BCUT2D eigenvalue weighted by Crippen LogP contribution is -2.52. The molecular formula is C22H22N4O4. The van der Waals surface area contributed by atoms with Crippen molar-refractivity contribution in [3.63, 3.8) is 0 Å². The van der Waals surface area contributed by atoms with E-state index in [1.54, 1.807) is 48.2 Å². The molecule has 0 aliphatic carbocycles. The van der Waals surface area contributed by atoms with Crippen molar-refractivity contribution in [2.24, 2.45) is 5.92 Å². The van der Waals surface area contributed by atoms with Crippen LogP contribution in [0.4, 0.5) is 0 Å². The van der Waals surface area contributed by atoms with Gasteiger partial charge in [0.1, 0.15) is 6.04 Å². The number of carbonyl (C=O) groups excluding carboxylic acids is 1. The van der Waals surface area contributed by atoms with Crippen molar-refractivity contribution in [2.45, 2.75) is 31.8 Å². The SMILES string of the molecule is CC(C(=O)N1CC2CC(C1)c1cccc(=O)n1C2)n1c(=O)[nH]c2ccccc2c1=O. The lowest BCUT2D eigenvalue weighted by atomic mass is 9.83. The van der Waals surface area contributed by atoms with E-state index in [1.165, 1.54) is 0 Å². The molecule has 154 valence electrons. The Balaban J connectivity index is 1.48. The molecule has 3 unspecified atom stereocenters. The van der Waals surface area contributed by atoms with Crippen LogP contribution in [0.5, 0.6) is 0 Å². The highest BCUT2D eigenvalue weighted by atomic mass is 16.2. The van der Waals surface area contributed by atoms with Crippen LogP contribution in [0.25, 0.3) is 10.9 Å². The Bertz CT molecular complexity index is 1340. The number of H-pyrrole nitrogens is 1. The van der Waals surface area contributed by atoms with Gasteiger partial charge in [-0.15, -0.1) is 0 Å². The van der Waals surface area contributed by atoms with E-state index in [9.17, 15) is 19.2 Å². The van der Waals surface area contributed by atoms with Gasteiger partial charge < -0.3 is 14.5 Å². The zero-order valence-corrected chi connectivity index (χ0v) is 16.6. The Morgan fingerprint density at radius 3 is 2.67 bits per heavy atom. The average molecular weight is 406 g/mol. The van der Waals surface area contributed by atoms with Gasteiger partial charge in [-0.1, -0.05) is 18.2 Å². The summed E-state index contributed by atoms with van der Waals surface area (Å²) in [6, 6.07) is 11.1. The van der Waals surface area contributed by atoms with Crippen molar-refractivity contribution in [1.29, 1.82) is 0 Å². The van der Waals surface area contributed by atoms with Gasteiger partial charge in [0, 0.05) is 37.3 Å². The Morgan fingerprint density at radius 1 is 1.03 bits per heavy atom. The minimum Gasteiger partial charge on any atom is -0.340 e. The van der Waals surface area contributed by atoms with Gasteiger partial charge in [0.2, 0.25) is 5.91 Å². The van der Waals surface area contributed by atoms with Gasteiger partial charge in [-0.2, -0.15) is 0 Å². The molecule has 8 heteroatoms. The fourth-order valence-corrected chi connectivity index (χ4v) is 4.98. The summed E-state index contributed by atoms with van der Waals surface area (Å²) in [5.74, 6) is 0.00702. The van der Waals surface area contributed by atoms with Crippen LogP contribution in [0.1, 0.15) is 31.0 Å². The molecule has 4 heterocycles.